The lowest BCUT2D eigenvalue weighted by Crippen LogP contribution is -2.45. The highest BCUT2D eigenvalue weighted by Gasteiger charge is 2.37. The molecule has 21 heavy (non-hydrogen) atoms. The number of nitrogens with one attached hydrogen (secondary N) is 1. The van der Waals surface area contributed by atoms with Crippen LogP contribution in [0.4, 0.5) is 0 Å². The van der Waals surface area contributed by atoms with E-state index in [0.717, 1.165) is 6.04 Å². The molecular formula is C18H35N3. The molecule has 1 N–H and O–H groups in total. The molecule has 0 aromatic carbocycles. The molecule has 3 aliphatic rings. The summed E-state index contributed by atoms with van der Waals surface area (Å²) in [6.45, 7) is 11.5. The van der Waals surface area contributed by atoms with Gasteiger partial charge in [-0.15, -0.1) is 0 Å². The highest BCUT2D eigenvalue weighted by Crippen LogP contribution is 2.39. The molecule has 0 amide bonds. The van der Waals surface area contributed by atoms with E-state index in [1.165, 1.54) is 97.2 Å². The summed E-state index contributed by atoms with van der Waals surface area (Å²) in [6, 6.07) is 0.870. The Morgan fingerprint density at radius 3 is 2.67 bits per heavy atom. The standard InChI is InChI=1S/C18H35N3/c1-2-10-19-15-18(8-3-4-9-18)16-20-11-6-13-21-12-5-7-17(21)14-20/h17,19H,2-16H2,1H3. The van der Waals surface area contributed by atoms with E-state index in [-0.39, 0.29) is 0 Å². The fourth-order valence-corrected chi connectivity index (χ4v) is 4.95. The molecular weight excluding hydrogens is 258 g/mol. The molecule has 0 aromatic heterocycles. The van der Waals surface area contributed by atoms with Crippen LogP contribution in [0.25, 0.3) is 0 Å². The SMILES string of the molecule is CCCNCC1(CN2CCCN3CCCC3C2)CCCC1. The van der Waals surface area contributed by atoms with Gasteiger partial charge in [-0.3, -0.25) is 4.90 Å². The van der Waals surface area contributed by atoms with Crippen molar-refractivity contribution in [1.82, 2.24) is 15.1 Å². The van der Waals surface area contributed by atoms with Crippen LogP contribution in [-0.2, 0) is 0 Å². The Hall–Kier alpha value is -0.120. The van der Waals surface area contributed by atoms with E-state index in [2.05, 4.69) is 22.0 Å². The first-order valence-electron chi connectivity index (χ1n) is 9.48. The van der Waals surface area contributed by atoms with Gasteiger partial charge in [0.05, 0.1) is 0 Å². The zero-order valence-electron chi connectivity index (χ0n) is 14.1. The predicted molar refractivity (Wildman–Crippen MR) is 89.7 cm³/mol. The summed E-state index contributed by atoms with van der Waals surface area (Å²) in [5.41, 5.74) is 0.586. The normalized spacial score (nSPS) is 30.4. The molecule has 1 unspecified atom stereocenters. The fraction of sp³-hybridized carbons (Fsp3) is 1.00. The molecule has 2 saturated heterocycles. The molecule has 0 spiro atoms. The van der Waals surface area contributed by atoms with E-state index in [9.17, 15) is 0 Å². The summed E-state index contributed by atoms with van der Waals surface area (Å²) < 4.78 is 0. The van der Waals surface area contributed by atoms with Gasteiger partial charge in [0.15, 0.2) is 0 Å². The zero-order chi connectivity index (χ0) is 14.5. The van der Waals surface area contributed by atoms with Crippen LogP contribution in [0.3, 0.4) is 0 Å². The van der Waals surface area contributed by atoms with Crippen molar-refractivity contribution in [3.8, 4) is 0 Å². The van der Waals surface area contributed by atoms with E-state index in [0.29, 0.717) is 5.41 Å². The second-order valence-electron chi connectivity index (χ2n) is 7.80. The van der Waals surface area contributed by atoms with Crippen LogP contribution in [0.2, 0.25) is 0 Å². The lowest BCUT2D eigenvalue weighted by atomic mass is 9.85. The Labute approximate surface area is 131 Å². The Balaban J connectivity index is 1.56. The van der Waals surface area contributed by atoms with Gasteiger partial charge in [-0.1, -0.05) is 19.8 Å². The summed E-state index contributed by atoms with van der Waals surface area (Å²) >= 11 is 0. The van der Waals surface area contributed by atoms with Crippen LogP contribution in [0.1, 0.15) is 58.3 Å². The average molecular weight is 293 g/mol. The molecule has 2 aliphatic heterocycles. The Bertz CT molecular complexity index is 312. The van der Waals surface area contributed by atoms with Gasteiger partial charge in [-0.2, -0.15) is 0 Å². The third-order valence-electron chi connectivity index (χ3n) is 6.04. The maximum absolute atomic E-state index is 3.73. The van der Waals surface area contributed by atoms with Crippen LogP contribution in [0.5, 0.6) is 0 Å². The van der Waals surface area contributed by atoms with Gasteiger partial charge < -0.3 is 10.2 Å². The third-order valence-corrected chi connectivity index (χ3v) is 6.04. The second-order valence-corrected chi connectivity index (χ2v) is 7.80. The van der Waals surface area contributed by atoms with Crippen molar-refractivity contribution in [2.24, 2.45) is 5.41 Å². The molecule has 3 heteroatoms. The van der Waals surface area contributed by atoms with Crippen molar-refractivity contribution in [1.29, 1.82) is 0 Å². The van der Waals surface area contributed by atoms with E-state index < -0.39 is 0 Å². The molecule has 1 saturated carbocycles. The van der Waals surface area contributed by atoms with Gasteiger partial charge in [0, 0.05) is 25.7 Å². The lowest BCUT2D eigenvalue weighted by Gasteiger charge is -2.36. The van der Waals surface area contributed by atoms with Crippen LogP contribution < -0.4 is 5.32 Å². The minimum Gasteiger partial charge on any atom is -0.316 e. The smallest absolute Gasteiger partial charge is 0.0223 e. The molecule has 1 aliphatic carbocycles. The predicted octanol–water partition coefficient (Wildman–Crippen LogP) is 2.72. The topological polar surface area (TPSA) is 18.5 Å². The average Bonchev–Trinajstić information content (AvgIpc) is 3.06. The first-order valence-corrected chi connectivity index (χ1v) is 9.48. The summed E-state index contributed by atoms with van der Waals surface area (Å²) in [5.74, 6) is 0. The number of hydrogen-bond donors (Lipinski definition) is 1. The maximum atomic E-state index is 3.73. The molecule has 122 valence electrons. The Morgan fingerprint density at radius 2 is 1.86 bits per heavy atom. The molecule has 3 fully saturated rings. The molecule has 0 aromatic rings. The van der Waals surface area contributed by atoms with Crippen molar-refractivity contribution < 1.29 is 0 Å². The molecule has 0 bridgehead atoms. The van der Waals surface area contributed by atoms with Crippen LogP contribution >= 0.6 is 0 Å². The second kappa shape index (κ2) is 7.43. The quantitative estimate of drug-likeness (QED) is 0.760. The third kappa shape index (κ3) is 4.00. The van der Waals surface area contributed by atoms with E-state index in [1.807, 2.05) is 0 Å². The summed E-state index contributed by atoms with van der Waals surface area (Å²) in [4.78, 5) is 5.59. The van der Waals surface area contributed by atoms with Crippen LogP contribution in [0.15, 0.2) is 0 Å². The number of rotatable bonds is 6. The van der Waals surface area contributed by atoms with Crippen molar-refractivity contribution in [2.45, 2.75) is 64.3 Å². The lowest BCUT2D eigenvalue weighted by molar-refractivity contribution is 0.138. The van der Waals surface area contributed by atoms with E-state index >= 15 is 0 Å². The number of nitrogens with zero attached hydrogens (tertiary/aromatic N) is 2. The summed E-state index contributed by atoms with van der Waals surface area (Å²) in [7, 11) is 0. The van der Waals surface area contributed by atoms with E-state index in [1.54, 1.807) is 0 Å². The number of fused-ring (bicyclic) bond motifs is 1. The number of hydrogen-bond acceptors (Lipinski definition) is 3. The Morgan fingerprint density at radius 1 is 1.05 bits per heavy atom. The van der Waals surface area contributed by atoms with Crippen LogP contribution in [0, 0.1) is 5.41 Å². The highest BCUT2D eigenvalue weighted by molar-refractivity contribution is 4.92. The van der Waals surface area contributed by atoms with E-state index in [4.69, 9.17) is 0 Å². The summed E-state index contributed by atoms with van der Waals surface area (Å²) in [6.07, 6.45) is 11.3. The van der Waals surface area contributed by atoms with Gasteiger partial charge >= 0.3 is 0 Å². The Kier molecular flexibility index (Phi) is 5.58. The maximum Gasteiger partial charge on any atom is 0.0223 e. The van der Waals surface area contributed by atoms with Gasteiger partial charge in [-0.05, 0) is 70.1 Å². The first-order chi connectivity index (χ1) is 10.3. The molecule has 3 nitrogen and oxygen atoms in total. The minimum atomic E-state index is 0.586. The minimum absolute atomic E-state index is 0.586. The molecule has 2 heterocycles. The summed E-state index contributed by atoms with van der Waals surface area (Å²) in [5, 5.41) is 3.73. The van der Waals surface area contributed by atoms with Crippen molar-refractivity contribution in [2.75, 3.05) is 45.8 Å². The van der Waals surface area contributed by atoms with Gasteiger partial charge in [-0.25, -0.2) is 0 Å². The van der Waals surface area contributed by atoms with Gasteiger partial charge in [0.25, 0.3) is 0 Å². The molecule has 3 rings (SSSR count). The largest absolute Gasteiger partial charge is 0.316 e. The van der Waals surface area contributed by atoms with Gasteiger partial charge in [0.2, 0.25) is 0 Å². The fourth-order valence-electron chi connectivity index (χ4n) is 4.95. The van der Waals surface area contributed by atoms with Crippen molar-refractivity contribution in [3.63, 3.8) is 0 Å². The first kappa shape index (κ1) is 15.8. The van der Waals surface area contributed by atoms with Crippen molar-refractivity contribution >= 4 is 0 Å². The monoisotopic (exact) mass is 293 g/mol. The van der Waals surface area contributed by atoms with Gasteiger partial charge in [0.1, 0.15) is 0 Å². The highest BCUT2D eigenvalue weighted by atomic mass is 15.3. The van der Waals surface area contributed by atoms with Crippen LogP contribution in [-0.4, -0.2) is 61.7 Å². The zero-order valence-corrected chi connectivity index (χ0v) is 14.1. The molecule has 1 atom stereocenters. The van der Waals surface area contributed by atoms with Crippen molar-refractivity contribution in [3.05, 3.63) is 0 Å². The molecule has 0 radical (unpaired) electrons.